The van der Waals surface area contributed by atoms with Crippen LogP contribution < -0.4 is 5.32 Å². The van der Waals surface area contributed by atoms with Crippen molar-refractivity contribution in [3.8, 4) is 0 Å². The highest BCUT2D eigenvalue weighted by molar-refractivity contribution is 5.98. The quantitative estimate of drug-likeness (QED) is 0.861. The third-order valence-corrected chi connectivity index (χ3v) is 4.29. The number of rotatable bonds is 3. The molecule has 0 spiro atoms. The number of nitrogens with zero attached hydrogens (tertiary/aromatic N) is 2. The van der Waals surface area contributed by atoms with Gasteiger partial charge >= 0.3 is 0 Å². The Morgan fingerprint density at radius 3 is 2.73 bits per heavy atom. The number of nitrogens with one attached hydrogen (secondary N) is 1. The lowest BCUT2D eigenvalue weighted by molar-refractivity contribution is -0.116. The van der Waals surface area contributed by atoms with Crippen LogP contribution in [-0.4, -0.2) is 54.3 Å². The standard InChI is InChI=1S/C17H21N3O2/c1-2-7-19-8-10-20(11-9-19)17(22)14-3-5-15-13(12-14)4-6-16(21)18-15/h2-3,5,12H,1,4,6-11H2,(H,18,21). The Kier molecular flexibility index (Phi) is 4.24. The predicted octanol–water partition coefficient (Wildman–Crippen LogP) is 1.52. The molecule has 116 valence electrons. The number of carbonyl (C=O) groups is 2. The summed E-state index contributed by atoms with van der Waals surface area (Å²) in [6, 6.07) is 5.57. The highest BCUT2D eigenvalue weighted by Gasteiger charge is 2.23. The van der Waals surface area contributed by atoms with E-state index in [9.17, 15) is 9.59 Å². The summed E-state index contributed by atoms with van der Waals surface area (Å²) in [4.78, 5) is 28.2. The molecule has 0 unspecified atom stereocenters. The summed E-state index contributed by atoms with van der Waals surface area (Å²) in [7, 11) is 0. The molecule has 3 rings (SSSR count). The normalized spacial score (nSPS) is 18.5. The van der Waals surface area contributed by atoms with Crippen LogP contribution in [0.4, 0.5) is 5.69 Å². The first kappa shape index (κ1) is 14.8. The predicted molar refractivity (Wildman–Crippen MR) is 85.9 cm³/mol. The van der Waals surface area contributed by atoms with Gasteiger partial charge in [-0.1, -0.05) is 6.08 Å². The van der Waals surface area contributed by atoms with E-state index in [-0.39, 0.29) is 11.8 Å². The molecule has 2 aliphatic heterocycles. The van der Waals surface area contributed by atoms with Crippen molar-refractivity contribution < 1.29 is 9.59 Å². The molecule has 0 atom stereocenters. The van der Waals surface area contributed by atoms with Crippen LogP contribution in [0.2, 0.25) is 0 Å². The summed E-state index contributed by atoms with van der Waals surface area (Å²) < 4.78 is 0. The highest BCUT2D eigenvalue weighted by Crippen LogP contribution is 2.24. The van der Waals surface area contributed by atoms with Gasteiger partial charge in [-0.25, -0.2) is 0 Å². The maximum absolute atomic E-state index is 12.6. The van der Waals surface area contributed by atoms with Gasteiger partial charge in [0.2, 0.25) is 5.91 Å². The molecule has 2 aliphatic rings. The van der Waals surface area contributed by atoms with Crippen molar-refractivity contribution in [2.45, 2.75) is 12.8 Å². The number of benzene rings is 1. The average Bonchev–Trinajstić information content (AvgIpc) is 2.55. The number of hydrogen-bond acceptors (Lipinski definition) is 3. The maximum atomic E-state index is 12.6. The molecular weight excluding hydrogens is 278 g/mol. The Bertz CT molecular complexity index is 604. The summed E-state index contributed by atoms with van der Waals surface area (Å²) >= 11 is 0. The minimum absolute atomic E-state index is 0.0462. The van der Waals surface area contributed by atoms with Crippen LogP contribution in [0.3, 0.4) is 0 Å². The molecule has 1 N–H and O–H groups in total. The maximum Gasteiger partial charge on any atom is 0.253 e. The summed E-state index contributed by atoms with van der Waals surface area (Å²) in [6.07, 6.45) is 3.09. The lowest BCUT2D eigenvalue weighted by Gasteiger charge is -2.34. The number of hydrogen-bond donors (Lipinski definition) is 1. The fourth-order valence-electron chi connectivity index (χ4n) is 3.02. The van der Waals surface area contributed by atoms with Crippen LogP contribution in [-0.2, 0) is 11.2 Å². The first-order valence-corrected chi connectivity index (χ1v) is 7.72. The van der Waals surface area contributed by atoms with Crippen molar-refractivity contribution in [1.82, 2.24) is 9.80 Å². The van der Waals surface area contributed by atoms with Crippen LogP contribution in [0.5, 0.6) is 0 Å². The van der Waals surface area contributed by atoms with Crippen molar-refractivity contribution in [3.05, 3.63) is 42.0 Å². The van der Waals surface area contributed by atoms with Crippen molar-refractivity contribution >= 4 is 17.5 Å². The third kappa shape index (κ3) is 3.04. The molecule has 5 nitrogen and oxygen atoms in total. The molecule has 0 saturated carbocycles. The molecule has 1 saturated heterocycles. The van der Waals surface area contributed by atoms with E-state index in [4.69, 9.17) is 0 Å². The summed E-state index contributed by atoms with van der Waals surface area (Å²) in [5.41, 5.74) is 2.60. The largest absolute Gasteiger partial charge is 0.336 e. The minimum atomic E-state index is 0.0462. The Balaban J connectivity index is 1.68. The smallest absolute Gasteiger partial charge is 0.253 e. The molecule has 1 aromatic carbocycles. The zero-order valence-electron chi connectivity index (χ0n) is 12.7. The van der Waals surface area contributed by atoms with Crippen molar-refractivity contribution in [1.29, 1.82) is 0 Å². The van der Waals surface area contributed by atoms with Gasteiger partial charge in [0.15, 0.2) is 0 Å². The molecule has 0 bridgehead atoms. The minimum Gasteiger partial charge on any atom is -0.336 e. The molecule has 0 aromatic heterocycles. The second-order valence-corrected chi connectivity index (χ2v) is 5.80. The molecule has 2 amide bonds. The van der Waals surface area contributed by atoms with Gasteiger partial charge in [0.25, 0.3) is 5.91 Å². The molecular formula is C17H21N3O2. The first-order chi connectivity index (χ1) is 10.7. The lowest BCUT2D eigenvalue weighted by Crippen LogP contribution is -2.48. The summed E-state index contributed by atoms with van der Waals surface area (Å²) in [5.74, 6) is 0.128. The molecule has 0 aliphatic carbocycles. The first-order valence-electron chi connectivity index (χ1n) is 7.72. The molecule has 22 heavy (non-hydrogen) atoms. The Hall–Kier alpha value is -2.14. The number of anilines is 1. The second kappa shape index (κ2) is 6.32. The van der Waals surface area contributed by atoms with E-state index in [1.807, 2.05) is 29.2 Å². The third-order valence-electron chi connectivity index (χ3n) is 4.29. The van der Waals surface area contributed by atoms with E-state index in [0.717, 1.165) is 44.0 Å². The van der Waals surface area contributed by atoms with Gasteiger partial charge in [0.1, 0.15) is 0 Å². The zero-order chi connectivity index (χ0) is 15.5. The van der Waals surface area contributed by atoms with Gasteiger partial charge in [-0.3, -0.25) is 14.5 Å². The topological polar surface area (TPSA) is 52.7 Å². The summed E-state index contributed by atoms with van der Waals surface area (Å²) in [6.45, 7) is 7.90. The molecule has 1 aromatic rings. The van der Waals surface area contributed by atoms with Crippen LogP contribution in [0.25, 0.3) is 0 Å². The Labute approximate surface area is 130 Å². The van der Waals surface area contributed by atoms with Gasteiger partial charge < -0.3 is 10.2 Å². The van der Waals surface area contributed by atoms with Crippen LogP contribution in [0.15, 0.2) is 30.9 Å². The van der Waals surface area contributed by atoms with E-state index < -0.39 is 0 Å². The Morgan fingerprint density at radius 1 is 1.23 bits per heavy atom. The van der Waals surface area contributed by atoms with Gasteiger partial charge in [0, 0.05) is 50.4 Å². The number of fused-ring (bicyclic) bond motifs is 1. The number of amides is 2. The van der Waals surface area contributed by atoms with Gasteiger partial charge in [0.05, 0.1) is 0 Å². The van der Waals surface area contributed by atoms with E-state index >= 15 is 0 Å². The van der Waals surface area contributed by atoms with Crippen LogP contribution in [0.1, 0.15) is 22.3 Å². The van der Waals surface area contributed by atoms with E-state index in [1.165, 1.54) is 0 Å². The fraction of sp³-hybridized carbons (Fsp3) is 0.412. The lowest BCUT2D eigenvalue weighted by atomic mass is 10.00. The monoisotopic (exact) mass is 299 g/mol. The van der Waals surface area contributed by atoms with Crippen molar-refractivity contribution in [3.63, 3.8) is 0 Å². The molecule has 1 fully saturated rings. The van der Waals surface area contributed by atoms with E-state index in [0.29, 0.717) is 18.4 Å². The van der Waals surface area contributed by atoms with Crippen molar-refractivity contribution in [2.75, 3.05) is 38.0 Å². The van der Waals surface area contributed by atoms with E-state index in [1.54, 1.807) is 0 Å². The second-order valence-electron chi connectivity index (χ2n) is 5.80. The van der Waals surface area contributed by atoms with Gasteiger partial charge in [-0.2, -0.15) is 0 Å². The fourth-order valence-corrected chi connectivity index (χ4v) is 3.02. The number of carbonyl (C=O) groups excluding carboxylic acids is 2. The SMILES string of the molecule is C=CCN1CCN(C(=O)c2ccc3c(c2)CCC(=O)N3)CC1. The summed E-state index contributed by atoms with van der Waals surface area (Å²) in [5, 5.41) is 2.85. The Morgan fingerprint density at radius 2 is 2.00 bits per heavy atom. The van der Waals surface area contributed by atoms with Gasteiger partial charge in [-0.05, 0) is 30.2 Å². The zero-order valence-corrected chi connectivity index (χ0v) is 12.7. The van der Waals surface area contributed by atoms with Crippen LogP contribution in [0, 0.1) is 0 Å². The number of aryl methyl sites for hydroxylation is 1. The van der Waals surface area contributed by atoms with Crippen molar-refractivity contribution in [2.24, 2.45) is 0 Å². The van der Waals surface area contributed by atoms with Gasteiger partial charge in [-0.15, -0.1) is 6.58 Å². The number of piperazine rings is 1. The average molecular weight is 299 g/mol. The molecule has 0 radical (unpaired) electrons. The van der Waals surface area contributed by atoms with E-state index in [2.05, 4.69) is 16.8 Å². The van der Waals surface area contributed by atoms with Crippen LogP contribution >= 0.6 is 0 Å². The highest BCUT2D eigenvalue weighted by atomic mass is 16.2. The molecule has 2 heterocycles. The molecule has 5 heteroatoms.